The number of hydrogen-bond donors (Lipinski definition) is 0. The quantitative estimate of drug-likeness (QED) is 0.629. The van der Waals surface area contributed by atoms with Gasteiger partial charge in [-0.1, -0.05) is 55.1 Å². The van der Waals surface area contributed by atoms with Gasteiger partial charge in [-0.3, -0.25) is 0 Å². The SMILES string of the molecule is C=C(OC1CN(C(=O)[O-])CCC1c1ccc(F)cc1)c1ccc2ccccc2c1. The molecule has 1 fully saturated rings. The molecule has 1 amide bonds. The summed E-state index contributed by atoms with van der Waals surface area (Å²) in [7, 11) is 0. The summed E-state index contributed by atoms with van der Waals surface area (Å²) in [5.41, 5.74) is 1.76. The average molecular weight is 390 g/mol. The predicted octanol–water partition coefficient (Wildman–Crippen LogP) is 4.17. The molecule has 5 heteroatoms. The van der Waals surface area contributed by atoms with E-state index in [1.54, 1.807) is 12.1 Å². The summed E-state index contributed by atoms with van der Waals surface area (Å²) in [5, 5.41) is 13.6. The molecule has 3 aromatic carbocycles. The van der Waals surface area contributed by atoms with E-state index in [0.717, 1.165) is 21.9 Å². The highest BCUT2D eigenvalue weighted by molar-refractivity contribution is 5.85. The number of fused-ring (bicyclic) bond motifs is 1. The molecule has 29 heavy (non-hydrogen) atoms. The largest absolute Gasteiger partial charge is 0.530 e. The zero-order valence-electron chi connectivity index (χ0n) is 15.9. The van der Waals surface area contributed by atoms with Gasteiger partial charge in [-0.2, -0.15) is 0 Å². The molecule has 4 nitrogen and oxygen atoms in total. The first-order valence-electron chi connectivity index (χ1n) is 9.57. The predicted molar refractivity (Wildman–Crippen MR) is 109 cm³/mol. The number of carboxylic acid groups (broad SMARTS) is 1. The Morgan fingerprint density at radius 3 is 2.52 bits per heavy atom. The molecular formula is C24H21FNO3-. The topological polar surface area (TPSA) is 52.6 Å². The fraction of sp³-hybridized carbons (Fsp3) is 0.208. The van der Waals surface area contributed by atoms with Crippen molar-refractivity contribution in [2.75, 3.05) is 13.1 Å². The van der Waals surface area contributed by atoms with E-state index in [4.69, 9.17) is 4.74 Å². The van der Waals surface area contributed by atoms with Crippen molar-refractivity contribution in [2.45, 2.75) is 18.4 Å². The van der Waals surface area contributed by atoms with Crippen LogP contribution in [0.2, 0.25) is 0 Å². The minimum Gasteiger partial charge on any atom is -0.530 e. The average Bonchev–Trinajstić information content (AvgIpc) is 2.74. The standard InChI is InChI=1S/C24H22FNO3/c1-16(19-7-6-17-4-2-3-5-20(17)14-19)29-23-15-26(24(27)28)13-12-22(23)18-8-10-21(25)11-9-18/h2-11,14,22-23H,1,12-13,15H2,(H,27,28)/p-1. The minimum atomic E-state index is -1.22. The van der Waals surface area contributed by atoms with Crippen molar-refractivity contribution >= 4 is 22.6 Å². The Labute approximate surface area is 168 Å². The molecule has 0 saturated carbocycles. The molecule has 4 rings (SSSR count). The molecule has 2 unspecified atom stereocenters. The zero-order chi connectivity index (χ0) is 20.4. The Bertz CT molecular complexity index is 1050. The van der Waals surface area contributed by atoms with E-state index < -0.39 is 12.2 Å². The highest BCUT2D eigenvalue weighted by atomic mass is 19.1. The third-order valence-corrected chi connectivity index (χ3v) is 5.48. The maximum Gasteiger partial charge on any atom is 0.137 e. The fourth-order valence-corrected chi connectivity index (χ4v) is 3.91. The van der Waals surface area contributed by atoms with Crippen LogP contribution in [0.4, 0.5) is 9.18 Å². The molecule has 0 aliphatic carbocycles. The summed E-state index contributed by atoms with van der Waals surface area (Å²) >= 11 is 0. The van der Waals surface area contributed by atoms with Gasteiger partial charge in [0.2, 0.25) is 0 Å². The van der Waals surface area contributed by atoms with Crippen molar-refractivity contribution in [1.29, 1.82) is 0 Å². The molecule has 0 radical (unpaired) electrons. The molecule has 1 heterocycles. The van der Waals surface area contributed by atoms with Crippen molar-refractivity contribution in [3.05, 3.63) is 90.3 Å². The number of ether oxygens (including phenoxy) is 1. The van der Waals surface area contributed by atoms with Crippen molar-refractivity contribution in [3.8, 4) is 0 Å². The highest BCUT2D eigenvalue weighted by Crippen LogP contribution is 2.33. The number of nitrogens with zero attached hydrogens (tertiary/aromatic N) is 1. The van der Waals surface area contributed by atoms with Crippen LogP contribution in [-0.2, 0) is 4.74 Å². The van der Waals surface area contributed by atoms with Gasteiger partial charge in [0.25, 0.3) is 0 Å². The number of rotatable bonds is 4. The summed E-state index contributed by atoms with van der Waals surface area (Å²) < 4.78 is 19.5. The van der Waals surface area contributed by atoms with E-state index in [1.165, 1.54) is 17.0 Å². The first-order valence-corrected chi connectivity index (χ1v) is 9.57. The van der Waals surface area contributed by atoms with Crippen LogP contribution in [0, 0.1) is 5.82 Å². The third-order valence-electron chi connectivity index (χ3n) is 5.48. The Morgan fingerprint density at radius 2 is 1.79 bits per heavy atom. The van der Waals surface area contributed by atoms with Gasteiger partial charge in [-0.25, -0.2) is 4.39 Å². The molecule has 0 N–H and O–H groups in total. The molecule has 0 bridgehead atoms. The molecule has 0 aromatic heterocycles. The lowest BCUT2D eigenvalue weighted by molar-refractivity contribution is -0.268. The number of hydrogen-bond acceptors (Lipinski definition) is 3. The van der Waals surface area contributed by atoms with Crippen LogP contribution in [0.25, 0.3) is 16.5 Å². The second-order valence-electron chi connectivity index (χ2n) is 7.30. The summed E-state index contributed by atoms with van der Waals surface area (Å²) in [4.78, 5) is 12.6. The van der Waals surface area contributed by atoms with E-state index in [0.29, 0.717) is 18.7 Å². The van der Waals surface area contributed by atoms with E-state index in [1.807, 2.05) is 42.5 Å². The van der Waals surface area contributed by atoms with Crippen LogP contribution >= 0.6 is 0 Å². The molecule has 0 spiro atoms. The second-order valence-corrected chi connectivity index (χ2v) is 7.30. The van der Waals surface area contributed by atoms with Gasteiger partial charge in [-0.15, -0.1) is 0 Å². The Morgan fingerprint density at radius 1 is 1.07 bits per heavy atom. The molecule has 1 aliphatic rings. The van der Waals surface area contributed by atoms with Crippen LogP contribution < -0.4 is 5.11 Å². The highest BCUT2D eigenvalue weighted by Gasteiger charge is 2.32. The van der Waals surface area contributed by atoms with Crippen molar-refractivity contribution < 1.29 is 19.0 Å². The van der Waals surface area contributed by atoms with Gasteiger partial charge in [-0.05, 0) is 41.0 Å². The zero-order valence-corrected chi connectivity index (χ0v) is 15.9. The monoisotopic (exact) mass is 390 g/mol. The van der Waals surface area contributed by atoms with Crippen LogP contribution in [0.3, 0.4) is 0 Å². The number of carbonyl (C=O) groups is 1. The van der Waals surface area contributed by atoms with Crippen molar-refractivity contribution in [3.63, 3.8) is 0 Å². The van der Waals surface area contributed by atoms with Crippen molar-refractivity contribution in [2.24, 2.45) is 0 Å². The van der Waals surface area contributed by atoms with Crippen LogP contribution in [0.15, 0.2) is 73.3 Å². The van der Waals surface area contributed by atoms with E-state index >= 15 is 0 Å². The first-order chi connectivity index (χ1) is 14.0. The van der Waals surface area contributed by atoms with E-state index in [2.05, 4.69) is 6.58 Å². The number of benzene rings is 3. The third kappa shape index (κ3) is 4.09. The Kier molecular flexibility index (Phi) is 5.21. The lowest BCUT2D eigenvalue weighted by Gasteiger charge is -2.40. The summed E-state index contributed by atoms with van der Waals surface area (Å²) in [6.07, 6.45) is -1.09. The number of halogens is 1. The normalized spacial score (nSPS) is 19.1. The van der Waals surface area contributed by atoms with Crippen LogP contribution in [0.1, 0.15) is 23.5 Å². The number of amides is 1. The fourth-order valence-electron chi connectivity index (χ4n) is 3.91. The van der Waals surface area contributed by atoms with Gasteiger partial charge < -0.3 is 19.5 Å². The molecule has 1 aliphatic heterocycles. The van der Waals surface area contributed by atoms with Gasteiger partial charge in [0.05, 0.1) is 6.54 Å². The number of carbonyl (C=O) groups excluding carboxylic acids is 1. The van der Waals surface area contributed by atoms with E-state index in [-0.39, 0.29) is 18.3 Å². The minimum absolute atomic E-state index is 0.0663. The van der Waals surface area contributed by atoms with Crippen LogP contribution in [-0.4, -0.2) is 30.2 Å². The van der Waals surface area contributed by atoms with Gasteiger partial charge in [0.1, 0.15) is 23.8 Å². The lowest BCUT2D eigenvalue weighted by Crippen LogP contribution is -2.51. The van der Waals surface area contributed by atoms with Crippen molar-refractivity contribution in [1.82, 2.24) is 4.90 Å². The number of piperidine rings is 1. The molecule has 3 aromatic rings. The Hall–Kier alpha value is -3.34. The Balaban J connectivity index is 1.59. The molecule has 148 valence electrons. The molecule has 2 atom stereocenters. The second kappa shape index (κ2) is 7.95. The number of likely N-dealkylation sites (tertiary alicyclic amines) is 1. The summed E-state index contributed by atoms with van der Waals surface area (Å²) in [5.74, 6) is 0.107. The summed E-state index contributed by atoms with van der Waals surface area (Å²) in [6.45, 7) is 4.61. The first kappa shape index (κ1) is 19.0. The van der Waals surface area contributed by atoms with Crippen LogP contribution in [0.5, 0.6) is 0 Å². The van der Waals surface area contributed by atoms with Gasteiger partial charge in [0, 0.05) is 18.0 Å². The van der Waals surface area contributed by atoms with E-state index in [9.17, 15) is 14.3 Å². The molecular weight excluding hydrogens is 369 g/mol. The van der Waals surface area contributed by atoms with Gasteiger partial charge >= 0.3 is 0 Å². The van der Waals surface area contributed by atoms with Gasteiger partial charge in [0.15, 0.2) is 0 Å². The summed E-state index contributed by atoms with van der Waals surface area (Å²) in [6, 6.07) is 20.2. The smallest absolute Gasteiger partial charge is 0.137 e. The maximum atomic E-state index is 13.3. The molecule has 1 saturated heterocycles. The maximum absolute atomic E-state index is 13.3. The lowest BCUT2D eigenvalue weighted by atomic mass is 9.87.